The van der Waals surface area contributed by atoms with E-state index in [4.69, 9.17) is 27.2 Å². The van der Waals surface area contributed by atoms with Crippen LogP contribution in [0.3, 0.4) is 0 Å². The molecule has 2 aromatic rings. The molecular formula is C20H25ClN4O3. The van der Waals surface area contributed by atoms with Gasteiger partial charge in [0, 0.05) is 24.8 Å². The zero-order valence-electron chi connectivity index (χ0n) is 16.3. The fourth-order valence-corrected chi connectivity index (χ4v) is 3.51. The second-order valence-corrected chi connectivity index (χ2v) is 7.89. The lowest BCUT2D eigenvalue weighted by atomic mass is 9.91. The molecule has 150 valence electrons. The van der Waals surface area contributed by atoms with Gasteiger partial charge in [-0.2, -0.15) is 0 Å². The molecule has 1 unspecified atom stereocenters. The molecular weight excluding hydrogens is 380 g/mol. The van der Waals surface area contributed by atoms with E-state index in [0.29, 0.717) is 22.9 Å². The molecule has 0 radical (unpaired) electrons. The number of aromatic nitrogens is 2. The summed E-state index contributed by atoms with van der Waals surface area (Å²) >= 11 is 6.15. The summed E-state index contributed by atoms with van der Waals surface area (Å²) in [6, 6.07) is 5.59. The largest absolute Gasteiger partial charge is 0.391 e. The average molecular weight is 405 g/mol. The summed E-state index contributed by atoms with van der Waals surface area (Å²) in [4.78, 5) is 22.0. The fraction of sp³-hybridized carbons (Fsp3) is 0.450. The van der Waals surface area contributed by atoms with Crippen LogP contribution in [0.2, 0.25) is 5.02 Å². The van der Waals surface area contributed by atoms with Crippen molar-refractivity contribution < 1.29 is 14.6 Å². The molecule has 2 aliphatic heterocycles. The Balaban J connectivity index is 0.000000271. The predicted molar refractivity (Wildman–Crippen MR) is 108 cm³/mol. The first-order valence-electron chi connectivity index (χ1n) is 9.18. The van der Waals surface area contributed by atoms with E-state index < -0.39 is 0 Å². The molecule has 1 amide bonds. The molecule has 7 nitrogen and oxygen atoms in total. The summed E-state index contributed by atoms with van der Waals surface area (Å²) in [6.45, 7) is 5.39. The number of amides is 1. The molecule has 0 saturated carbocycles. The van der Waals surface area contributed by atoms with Crippen LogP contribution in [0, 0.1) is 0 Å². The van der Waals surface area contributed by atoms with E-state index in [1.807, 2.05) is 32.0 Å². The Bertz CT molecular complexity index is 882. The van der Waals surface area contributed by atoms with E-state index in [1.165, 1.54) is 6.20 Å². The number of ether oxygens (including phenoxy) is 1. The number of hydrogen-bond donors (Lipinski definition) is 2. The molecule has 8 heteroatoms. The summed E-state index contributed by atoms with van der Waals surface area (Å²) < 4.78 is 4.93. The molecule has 1 atom stereocenters. The summed E-state index contributed by atoms with van der Waals surface area (Å²) in [7, 11) is 1.80. The SMILES string of the molecule is CN1C(=O)c2ccc(-c3nc(N)ncc3Cl)cc2C1(C)C.OC1CCCOC1. The summed E-state index contributed by atoms with van der Waals surface area (Å²) in [6.07, 6.45) is 3.23. The number of carbonyl (C=O) groups is 1. The van der Waals surface area contributed by atoms with E-state index in [1.54, 1.807) is 11.9 Å². The maximum atomic E-state index is 12.2. The zero-order chi connectivity index (χ0) is 20.5. The Morgan fingerprint density at radius 2 is 2.14 bits per heavy atom. The van der Waals surface area contributed by atoms with Crippen molar-refractivity contribution in [3.63, 3.8) is 0 Å². The molecule has 28 heavy (non-hydrogen) atoms. The number of nitrogens with zero attached hydrogens (tertiary/aromatic N) is 3. The molecule has 0 aliphatic carbocycles. The van der Waals surface area contributed by atoms with Gasteiger partial charge in [0.2, 0.25) is 5.95 Å². The van der Waals surface area contributed by atoms with E-state index in [2.05, 4.69) is 9.97 Å². The van der Waals surface area contributed by atoms with Gasteiger partial charge in [-0.15, -0.1) is 0 Å². The highest BCUT2D eigenvalue weighted by Gasteiger charge is 2.40. The van der Waals surface area contributed by atoms with Crippen molar-refractivity contribution in [1.82, 2.24) is 14.9 Å². The van der Waals surface area contributed by atoms with Gasteiger partial charge in [-0.05, 0) is 44.4 Å². The van der Waals surface area contributed by atoms with Gasteiger partial charge in [-0.1, -0.05) is 17.7 Å². The quantitative estimate of drug-likeness (QED) is 0.757. The van der Waals surface area contributed by atoms with Crippen molar-refractivity contribution in [3.8, 4) is 11.3 Å². The third-order valence-corrected chi connectivity index (χ3v) is 5.50. The van der Waals surface area contributed by atoms with Crippen molar-refractivity contribution in [2.24, 2.45) is 0 Å². The zero-order valence-corrected chi connectivity index (χ0v) is 17.0. The van der Waals surface area contributed by atoms with Crippen molar-refractivity contribution in [1.29, 1.82) is 0 Å². The van der Waals surface area contributed by atoms with Crippen LogP contribution in [0.25, 0.3) is 11.3 Å². The first-order chi connectivity index (χ1) is 13.2. The standard InChI is InChI=1S/C15H15ClN4O.C5H10O2/c1-15(2)10-6-8(4-5-9(10)13(21)20(15)3)12-11(16)7-18-14(17)19-12;6-5-2-1-3-7-4-5/h4-7H,1-3H3,(H2,17,18,19);5-6H,1-4H2. The van der Waals surface area contributed by atoms with Gasteiger partial charge < -0.3 is 20.5 Å². The Morgan fingerprint density at radius 1 is 1.39 bits per heavy atom. The monoisotopic (exact) mass is 404 g/mol. The maximum absolute atomic E-state index is 12.2. The number of anilines is 1. The summed E-state index contributed by atoms with van der Waals surface area (Å²) in [5, 5.41) is 9.21. The number of aliphatic hydroxyl groups is 1. The molecule has 3 heterocycles. The van der Waals surface area contributed by atoms with Crippen LogP contribution >= 0.6 is 11.6 Å². The van der Waals surface area contributed by atoms with E-state index in [9.17, 15) is 4.79 Å². The van der Waals surface area contributed by atoms with Gasteiger partial charge in [-0.25, -0.2) is 9.97 Å². The highest BCUT2D eigenvalue weighted by Crippen LogP contribution is 2.40. The number of rotatable bonds is 1. The lowest BCUT2D eigenvalue weighted by Crippen LogP contribution is -2.35. The third kappa shape index (κ3) is 3.97. The topological polar surface area (TPSA) is 102 Å². The lowest BCUT2D eigenvalue weighted by molar-refractivity contribution is -0.00535. The van der Waals surface area contributed by atoms with Gasteiger partial charge in [0.25, 0.3) is 5.91 Å². The minimum Gasteiger partial charge on any atom is -0.391 e. The fourth-order valence-electron chi connectivity index (χ4n) is 3.31. The van der Waals surface area contributed by atoms with Gasteiger partial charge in [-0.3, -0.25) is 4.79 Å². The number of aliphatic hydroxyl groups excluding tert-OH is 1. The molecule has 1 aromatic heterocycles. The molecule has 0 spiro atoms. The van der Waals surface area contributed by atoms with Crippen molar-refractivity contribution in [2.45, 2.75) is 38.3 Å². The van der Waals surface area contributed by atoms with E-state index in [0.717, 1.165) is 30.6 Å². The molecule has 4 rings (SSSR count). The van der Waals surface area contributed by atoms with Crippen LogP contribution in [-0.2, 0) is 10.3 Å². The number of halogens is 1. The number of carbonyl (C=O) groups excluding carboxylic acids is 1. The summed E-state index contributed by atoms with van der Waals surface area (Å²) in [5.41, 5.74) is 8.33. The van der Waals surface area contributed by atoms with Gasteiger partial charge in [0.15, 0.2) is 0 Å². The van der Waals surface area contributed by atoms with E-state index in [-0.39, 0.29) is 23.5 Å². The van der Waals surface area contributed by atoms with Crippen LogP contribution in [0.4, 0.5) is 5.95 Å². The average Bonchev–Trinajstić information content (AvgIpc) is 2.85. The van der Waals surface area contributed by atoms with Gasteiger partial charge in [0.05, 0.1) is 35.2 Å². The smallest absolute Gasteiger partial charge is 0.254 e. The van der Waals surface area contributed by atoms with Crippen LogP contribution < -0.4 is 5.73 Å². The molecule has 1 aromatic carbocycles. The molecule has 0 bridgehead atoms. The molecule has 1 saturated heterocycles. The van der Waals surface area contributed by atoms with Crippen LogP contribution in [0.1, 0.15) is 42.6 Å². The minimum absolute atomic E-state index is 0.0230. The number of nitrogens with two attached hydrogens (primary N) is 1. The third-order valence-electron chi connectivity index (χ3n) is 5.22. The molecule has 1 fully saturated rings. The Morgan fingerprint density at radius 3 is 2.75 bits per heavy atom. The van der Waals surface area contributed by atoms with Crippen LogP contribution in [0.5, 0.6) is 0 Å². The Hall–Kier alpha value is -2.22. The van der Waals surface area contributed by atoms with E-state index >= 15 is 0 Å². The van der Waals surface area contributed by atoms with Crippen molar-refractivity contribution in [2.75, 3.05) is 26.0 Å². The van der Waals surface area contributed by atoms with Crippen molar-refractivity contribution in [3.05, 3.63) is 40.5 Å². The Kier molecular flexibility index (Phi) is 5.88. The number of hydrogen-bond acceptors (Lipinski definition) is 6. The van der Waals surface area contributed by atoms with Gasteiger partial charge >= 0.3 is 0 Å². The first kappa shape index (κ1) is 20.5. The second-order valence-electron chi connectivity index (χ2n) is 7.48. The lowest BCUT2D eigenvalue weighted by Gasteiger charge is -2.28. The highest BCUT2D eigenvalue weighted by atomic mass is 35.5. The molecule has 3 N–H and O–H groups in total. The normalized spacial score (nSPS) is 20.4. The minimum atomic E-state index is -0.368. The highest BCUT2D eigenvalue weighted by molar-refractivity contribution is 6.32. The second kappa shape index (κ2) is 8.03. The van der Waals surface area contributed by atoms with Crippen molar-refractivity contribution >= 4 is 23.5 Å². The summed E-state index contributed by atoms with van der Waals surface area (Å²) in [5.74, 6) is 0.192. The number of fused-ring (bicyclic) bond motifs is 1. The predicted octanol–water partition coefficient (Wildman–Crippen LogP) is 2.86. The van der Waals surface area contributed by atoms with Gasteiger partial charge in [0.1, 0.15) is 0 Å². The van der Waals surface area contributed by atoms with Crippen LogP contribution in [-0.4, -0.2) is 52.2 Å². The van der Waals surface area contributed by atoms with Crippen LogP contribution in [0.15, 0.2) is 24.4 Å². The number of nitrogen functional groups attached to an aromatic ring is 1. The first-order valence-corrected chi connectivity index (χ1v) is 9.56. The number of benzene rings is 1. The molecule has 2 aliphatic rings. The maximum Gasteiger partial charge on any atom is 0.254 e. The Labute approximate surface area is 169 Å².